The third kappa shape index (κ3) is 3.38. The van der Waals surface area contributed by atoms with E-state index in [4.69, 9.17) is 0 Å². The number of rotatable bonds is 4. The van der Waals surface area contributed by atoms with Crippen molar-refractivity contribution in [2.24, 2.45) is 0 Å². The standard InChI is InChI=1S/C17H11BrF2N4O2/c18-11-9-21-16(24-15(11)22-10-5-2-1-3-6-10)23-12-7-4-8-13-14(12)26-17(19,20)25-13/h1-9H,(H2,21,22,23,24). The molecule has 0 bridgehead atoms. The van der Waals surface area contributed by atoms with Gasteiger partial charge in [-0.2, -0.15) is 4.98 Å². The maximum atomic E-state index is 13.3. The second-order valence-electron chi connectivity index (χ2n) is 5.31. The number of para-hydroxylation sites is 2. The Balaban J connectivity index is 1.61. The highest BCUT2D eigenvalue weighted by Gasteiger charge is 2.44. The fourth-order valence-electron chi connectivity index (χ4n) is 2.36. The zero-order valence-corrected chi connectivity index (χ0v) is 14.6. The number of alkyl halides is 2. The zero-order valence-electron chi connectivity index (χ0n) is 13.0. The van der Waals surface area contributed by atoms with Gasteiger partial charge in [0.05, 0.1) is 10.2 Å². The van der Waals surface area contributed by atoms with E-state index >= 15 is 0 Å². The van der Waals surface area contributed by atoms with Gasteiger partial charge < -0.3 is 20.1 Å². The first-order valence-electron chi connectivity index (χ1n) is 7.51. The molecule has 0 spiro atoms. The molecule has 0 fully saturated rings. The molecule has 26 heavy (non-hydrogen) atoms. The van der Waals surface area contributed by atoms with E-state index in [0.717, 1.165) is 5.69 Å². The molecule has 0 unspecified atom stereocenters. The topological polar surface area (TPSA) is 68.3 Å². The summed E-state index contributed by atoms with van der Waals surface area (Å²) in [5.74, 6) is 0.573. The van der Waals surface area contributed by atoms with Gasteiger partial charge in [0, 0.05) is 11.9 Å². The summed E-state index contributed by atoms with van der Waals surface area (Å²) >= 11 is 3.38. The summed E-state index contributed by atoms with van der Waals surface area (Å²) in [6, 6.07) is 14.0. The van der Waals surface area contributed by atoms with Gasteiger partial charge in [0.25, 0.3) is 0 Å². The van der Waals surface area contributed by atoms with Crippen LogP contribution in [0.5, 0.6) is 11.5 Å². The van der Waals surface area contributed by atoms with Crippen molar-refractivity contribution in [1.82, 2.24) is 9.97 Å². The number of hydrogen-bond donors (Lipinski definition) is 2. The lowest BCUT2D eigenvalue weighted by molar-refractivity contribution is -0.286. The highest BCUT2D eigenvalue weighted by Crippen LogP contribution is 2.46. The molecular formula is C17H11BrF2N4O2. The normalized spacial score (nSPS) is 14.1. The summed E-state index contributed by atoms with van der Waals surface area (Å²) < 4.78 is 36.2. The molecule has 3 aromatic rings. The van der Waals surface area contributed by atoms with Crippen molar-refractivity contribution in [3.05, 3.63) is 59.2 Å². The minimum absolute atomic E-state index is 0.0558. The van der Waals surface area contributed by atoms with E-state index in [1.165, 1.54) is 6.07 Å². The molecular weight excluding hydrogens is 410 g/mol. The molecule has 2 heterocycles. The second kappa shape index (κ2) is 6.41. The minimum Gasteiger partial charge on any atom is -0.395 e. The number of aromatic nitrogens is 2. The van der Waals surface area contributed by atoms with Crippen LogP contribution >= 0.6 is 15.9 Å². The summed E-state index contributed by atoms with van der Waals surface area (Å²) in [6.07, 6.45) is -2.14. The number of benzene rings is 2. The van der Waals surface area contributed by atoms with Crippen molar-refractivity contribution in [2.75, 3.05) is 10.6 Å². The molecule has 6 nitrogen and oxygen atoms in total. The highest BCUT2D eigenvalue weighted by molar-refractivity contribution is 9.10. The van der Waals surface area contributed by atoms with Gasteiger partial charge in [0.2, 0.25) is 5.95 Å². The summed E-state index contributed by atoms with van der Waals surface area (Å²) in [4.78, 5) is 8.51. The number of hydrogen-bond acceptors (Lipinski definition) is 6. The largest absolute Gasteiger partial charge is 0.586 e. The van der Waals surface area contributed by atoms with Crippen molar-refractivity contribution in [3.8, 4) is 11.5 Å². The molecule has 2 aromatic carbocycles. The van der Waals surface area contributed by atoms with Crippen molar-refractivity contribution >= 4 is 39.1 Å². The predicted octanol–water partition coefficient (Wildman–Crippen LogP) is 5.05. The Morgan fingerprint density at radius 1 is 0.962 bits per heavy atom. The van der Waals surface area contributed by atoms with Gasteiger partial charge in [0.15, 0.2) is 11.5 Å². The summed E-state index contributed by atoms with van der Waals surface area (Å²) in [5, 5.41) is 6.02. The van der Waals surface area contributed by atoms with Crippen LogP contribution in [0.1, 0.15) is 0 Å². The minimum atomic E-state index is -3.69. The van der Waals surface area contributed by atoms with Crippen LogP contribution in [-0.2, 0) is 0 Å². The maximum absolute atomic E-state index is 13.3. The van der Waals surface area contributed by atoms with Gasteiger partial charge in [-0.25, -0.2) is 4.98 Å². The first-order valence-corrected chi connectivity index (χ1v) is 8.30. The predicted molar refractivity (Wildman–Crippen MR) is 95.4 cm³/mol. The molecule has 2 N–H and O–H groups in total. The monoisotopic (exact) mass is 420 g/mol. The van der Waals surface area contributed by atoms with E-state index in [2.05, 4.69) is 46.0 Å². The lowest BCUT2D eigenvalue weighted by Crippen LogP contribution is -2.26. The Bertz CT molecular complexity index is 957. The van der Waals surface area contributed by atoms with Gasteiger partial charge in [-0.05, 0) is 40.2 Å². The molecule has 4 rings (SSSR count). The van der Waals surface area contributed by atoms with E-state index in [0.29, 0.717) is 10.3 Å². The lowest BCUT2D eigenvalue weighted by Gasteiger charge is -2.11. The van der Waals surface area contributed by atoms with Crippen LogP contribution in [0.25, 0.3) is 0 Å². The van der Waals surface area contributed by atoms with Gasteiger partial charge in [-0.1, -0.05) is 24.3 Å². The molecule has 132 valence electrons. The van der Waals surface area contributed by atoms with Crippen LogP contribution in [-0.4, -0.2) is 16.3 Å². The van der Waals surface area contributed by atoms with Crippen LogP contribution in [0, 0.1) is 0 Å². The first kappa shape index (κ1) is 16.5. The van der Waals surface area contributed by atoms with Gasteiger partial charge in [-0.3, -0.25) is 0 Å². The average Bonchev–Trinajstić information content (AvgIpc) is 2.94. The van der Waals surface area contributed by atoms with E-state index in [1.54, 1.807) is 18.3 Å². The van der Waals surface area contributed by atoms with Crippen LogP contribution < -0.4 is 20.1 Å². The molecule has 0 atom stereocenters. The summed E-state index contributed by atoms with van der Waals surface area (Å²) in [6.45, 7) is 0. The number of fused-ring (bicyclic) bond motifs is 1. The molecule has 0 saturated carbocycles. The number of nitrogens with one attached hydrogen (secondary N) is 2. The Labute approximate surface area is 155 Å². The highest BCUT2D eigenvalue weighted by atomic mass is 79.9. The lowest BCUT2D eigenvalue weighted by atomic mass is 10.2. The third-order valence-electron chi connectivity index (χ3n) is 3.46. The number of halogens is 3. The van der Waals surface area contributed by atoms with E-state index in [1.807, 2.05) is 30.3 Å². The molecule has 1 aromatic heterocycles. The first-order chi connectivity index (χ1) is 12.5. The zero-order chi connectivity index (χ0) is 18.1. The average molecular weight is 421 g/mol. The molecule has 1 aliphatic rings. The number of anilines is 4. The van der Waals surface area contributed by atoms with E-state index in [9.17, 15) is 8.78 Å². The fourth-order valence-corrected chi connectivity index (χ4v) is 2.65. The Kier molecular flexibility index (Phi) is 4.08. The Morgan fingerprint density at radius 2 is 1.77 bits per heavy atom. The van der Waals surface area contributed by atoms with E-state index < -0.39 is 6.29 Å². The molecule has 1 aliphatic heterocycles. The number of nitrogens with zero attached hydrogens (tertiary/aromatic N) is 2. The fraction of sp³-hybridized carbons (Fsp3) is 0.0588. The van der Waals surface area contributed by atoms with Crippen LogP contribution in [0.3, 0.4) is 0 Å². The molecule has 0 radical (unpaired) electrons. The van der Waals surface area contributed by atoms with Crippen LogP contribution in [0.15, 0.2) is 59.2 Å². The van der Waals surface area contributed by atoms with Gasteiger partial charge in [0.1, 0.15) is 5.82 Å². The second-order valence-corrected chi connectivity index (χ2v) is 6.16. The maximum Gasteiger partial charge on any atom is 0.586 e. The molecule has 9 heteroatoms. The smallest absolute Gasteiger partial charge is 0.395 e. The van der Waals surface area contributed by atoms with Crippen molar-refractivity contribution in [1.29, 1.82) is 0 Å². The Morgan fingerprint density at radius 3 is 2.58 bits per heavy atom. The van der Waals surface area contributed by atoms with Crippen molar-refractivity contribution < 1.29 is 18.3 Å². The number of ether oxygens (including phenoxy) is 2. The Hall–Kier alpha value is -2.94. The summed E-state index contributed by atoms with van der Waals surface area (Å²) in [7, 11) is 0. The molecule has 0 aliphatic carbocycles. The van der Waals surface area contributed by atoms with Crippen molar-refractivity contribution in [2.45, 2.75) is 6.29 Å². The summed E-state index contributed by atoms with van der Waals surface area (Å²) in [5.41, 5.74) is 1.11. The van der Waals surface area contributed by atoms with Gasteiger partial charge >= 0.3 is 6.29 Å². The molecule has 0 saturated heterocycles. The quantitative estimate of drug-likeness (QED) is 0.615. The van der Waals surface area contributed by atoms with E-state index in [-0.39, 0.29) is 23.1 Å². The van der Waals surface area contributed by atoms with Gasteiger partial charge in [-0.15, -0.1) is 8.78 Å². The molecule has 0 amide bonds. The SMILES string of the molecule is FC1(F)Oc2cccc(Nc3ncc(Br)c(Nc4ccccc4)n3)c2O1. The third-order valence-corrected chi connectivity index (χ3v) is 4.04. The van der Waals surface area contributed by atoms with Crippen molar-refractivity contribution in [3.63, 3.8) is 0 Å². The van der Waals surface area contributed by atoms with Crippen LogP contribution in [0.2, 0.25) is 0 Å². The van der Waals surface area contributed by atoms with Crippen LogP contribution in [0.4, 0.5) is 31.9 Å².